The zero-order valence-electron chi connectivity index (χ0n) is 11.5. The molecule has 3 heteroatoms. The van der Waals surface area contributed by atoms with E-state index in [4.69, 9.17) is 4.74 Å². The first-order valence-electron chi connectivity index (χ1n) is 6.98. The fourth-order valence-corrected chi connectivity index (χ4v) is 2.82. The fourth-order valence-electron chi connectivity index (χ4n) is 2.82. The van der Waals surface area contributed by atoms with Crippen molar-refractivity contribution >= 4 is 0 Å². The van der Waals surface area contributed by atoms with Gasteiger partial charge in [0.15, 0.2) is 0 Å². The van der Waals surface area contributed by atoms with Crippen LogP contribution in [0.4, 0.5) is 0 Å². The van der Waals surface area contributed by atoms with Crippen LogP contribution in [0, 0.1) is 0 Å². The van der Waals surface area contributed by atoms with Crippen LogP contribution in [0.5, 0.6) is 5.75 Å². The minimum Gasteiger partial charge on any atom is -0.493 e. The SMILES string of the molecule is CC(C)c1nccn1CC1CCOc2ccccc21. The number of para-hydroxylation sites is 1. The zero-order valence-corrected chi connectivity index (χ0v) is 11.5. The van der Waals surface area contributed by atoms with Crippen molar-refractivity contribution in [1.82, 2.24) is 9.55 Å². The average molecular weight is 256 g/mol. The van der Waals surface area contributed by atoms with Crippen molar-refractivity contribution in [2.75, 3.05) is 6.61 Å². The molecule has 0 N–H and O–H groups in total. The molecule has 1 atom stereocenters. The predicted molar refractivity (Wildman–Crippen MR) is 75.6 cm³/mol. The summed E-state index contributed by atoms with van der Waals surface area (Å²) in [5.74, 6) is 3.20. The largest absolute Gasteiger partial charge is 0.493 e. The molecule has 0 fully saturated rings. The molecule has 0 bridgehead atoms. The van der Waals surface area contributed by atoms with Crippen molar-refractivity contribution in [3.05, 3.63) is 48.0 Å². The molecule has 0 amide bonds. The van der Waals surface area contributed by atoms with Gasteiger partial charge >= 0.3 is 0 Å². The van der Waals surface area contributed by atoms with Gasteiger partial charge in [-0.1, -0.05) is 32.0 Å². The van der Waals surface area contributed by atoms with Crippen LogP contribution in [0.1, 0.15) is 43.5 Å². The van der Waals surface area contributed by atoms with Crippen LogP contribution < -0.4 is 4.74 Å². The molecule has 1 unspecified atom stereocenters. The van der Waals surface area contributed by atoms with E-state index in [1.54, 1.807) is 0 Å². The number of hydrogen-bond acceptors (Lipinski definition) is 2. The van der Waals surface area contributed by atoms with Crippen molar-refractivity contribution < 1.29 is 4.74 Å². The van der Waals surface area contributed by atoms with Crippen molar-refractivity contribution in [1.29, 1.82) is 0 Å². The van der Waals surface area contributed by atoms with E-state index in [0.717, 1.165) is 25.3 Å². The Balaban J connectivity index is 1.87. The summed E-state index contributed by atoms with van der Waals surface area (Å²) in [4.78, 5) is 4.47. The number of rotatable bonds is 3. The lowest BCUT2D eigenvalue weighted by Gasteiger charge is -2.27. The Morgan fingerprint density at radius 3 is 3.05 bits per heavy atom. The van der Waals surface area contributed by atoms with Gasteiger partial charge in [0.2, 0.25) is 0 Å². The Morgan fingerprint density at radius 1 is 1.37 bits per heavy atom. The second-order valence-corrected chi connectivity index (χ2v) is 5.46. The van der Waals surface area contributed by atoms with Crippen LogP contribution in [-0.2, 0) is 6.54 Å². The Morgan fingerprint density at radius 2 is 2.21 bits per heavy atom. The summed E-state index contributed by atoms with van der Waals surface area (Å²) in [5.41, 5.74) is 1.33. The molecular weight excluding hydrogens is 236 g/mol. The summed E-state index contributed by atoms with van der Waals surface area (Å²) < 4.78 is 8.01. The smallest absolute Gasteiger partial charge is 0.122 e. The molecule has 0 saturated carbocycles. The van der Waals surface area contributed by atoms with Crippen LogP contribution in [-0.4, -0.2) is 16.2 Å². The Labute approximate surface area is 114 Å². The number of aromatic nitrogens is 2. The number of imidazole rings is 1. The van der Waals surface area contributed by atoms with Crippen LogP contribution in [0.3, 0.4) is 0 Å². The Bertz CT molecular complexity index is 559. The molecule has 0 spiro atoms. The first-order valence-corrected chi connectivity index (χ1v) is 6.98. The first kappa shape index (κ1) is 12.3. The number of nitrogens with zero attached hydrogens (tertiary/aromatic N) is 2. The van der Waals surface area contributed by atoms with E-state index >= 15 is 0 Å². The molecule has 1 aromatic carbocycles. The fraction of sp³-hybridized carbons (Fsp3) is 0.438. The lowest BCUT2D eigenvalue weighted by molar-refractivity contribution is 0.258. The number of hydrogen-bond donors (Lipinski definition) is 0. The Kier molecular flexibility index (Phi) is 3.28. The van der Waals surface area contributed by atoms with Gasteiger partial charge in [-0.15, -0.1) is 0 Å². The standard InChI is InChI=1S/C16H20N2O/c1-12(2)16-17-8-9-18(16)11-13-7-10-19-15-6-4-3-5-14(13)15/h3-6,8-9,12-13H,7,10-11H2,1-2H3. The lowest BCUT2D eigenvalue weighted by Crippen LogP contribution is -2.19. The lowest BCUT2D eigenvalue weighted by atomic mass is 9.93. The molecule has 3 rings (SSSR count). The summed E-state index contributed by atoms with van der Waals surface area (Å²) in [6.07, 6.45) is 5.07. The average Bonchev–Trinajstić information content (AvgIpc) is 2.87. The minimum atomic E-state index is 0.463. The molecular formula is C16H20N2O. The minimum absolute atomic E-state index is 0.463. The van der Waals surface area contributed by atoms with Gasteiger partial charge in [0.25, 0.3) is 0 Å². The van der Waals surface area contributed by atoms with Crippen molar-refractivity contribution in [2.45, 2.75) is 38.6 Å². The molecule has 0 radical (unpaired) electrons. The molecule has 1 aliphatic rings. The van der Waals surface area contributed by atoms with Gasteiger partial charge in [0, 0.05) is 30.8 Å². The number of ether oxygens (including phenoxy) is 1. The van der Waals surface area contributed by atoms with Crippen LogP contribution in [0.25, 0.3) is 0 Å². The van der Waals surface area contributed by atoms with Gasteiger partial charge in [-0.2, -0.15) is 0 Å². The molecule has 3 nitrogen and oxygen atoms in total. The third kappa shape index (κ3) is 2.37. The molecule has 0 aliphatic carbocycles. The highest BCUT2D eigenvalue weighted by atomic mass is 16.5. The molecule has 2 aromatic rings. The highest BCUT2D eigenvalue weighted by Gasteiger charge is 2.22. The van der Waals surface area contributed by atoms with Crippen molar-refractivity contribution in [3.63, 3.8) is 0 Å². The summed E-state index contributed by atoms with van der Waals surface area (Å²) in [6.45, 7) is 6.19. The molecule has 19 heavy (non-hydrogen) atoms. The summed E-state index contributed by atoms with van der Waals surface area (Å²) in [7, 11) is 0. The molecule has 1 aliphatic heterocycles. The maximum absolute atomic E-state index is 5.73. The Hall–Kier alpha value is -1.77. The topological polar surface area (TPSA) is 27.1 Å². The molecule has 2 heterocycles. The first-order chi connectivity index (χ1) is 9.25. The van der Waals surface area contributed by atoms with E-state index in [-0.39, 0.29) is 0 Å². The van der Waals surface area contributed by atoms with E-state index in [1.807, 2.05) is 12.3 Å². The molecule has 0 saturated heterocycles. The third-order valence-corrected chi connectivity index (χ3v) is 3.76. The van der Waals surface area contributed by atoms with E-state index < -0.39 is 0 Å². The van der Waals surface area contributed by atoms with Crippen LogP contribution >= 0.6 is 0 Å². The van der Waals surface area contributed by atoms with Crippen molar-refractivity contribution in [2.24, 2.45) is 0 Å². The van der Waals surface area contributed by atoms with Crippen LogP contribution in [0.15, 0.2) is 36.7 Å². The second kappa shape index (κ2) is 5.08. The quantitative estimate of drug-likeness (QED) is 0.839. The normalized spacial score (nSPS) is 18.2. The maximum atomic E-state index is 5.73. The van der Waals surface area contributed by atoms with Gasteiger partial charge in [-0.3, -0.25) is 0 Å². The highest BCUT2D eigenvalue weighted by molar-refractivity contribution is 5.37. The van der Waals surface area contributed by atoms with Crippen molar-refractivity contribution in [3.8, 4) is 5.75 Å². The maximum Gasteiger partial charge on any atom is 0.122 e. The third-order valence-electron chi connectivity index (χ3n) is 3.76. The molecule has 1 aromatic heterocycles. The monoisotopic (exact) mass is 256 g/mol. The van der Waals surface area contributed by atoms with Gasteiger partial charge in [-0.05, 0) is 18.1 Å². The van der Waals surface area contributed by atoms with Gasteiger partial charge in [0.05, 0.1) is 6.61 Å². The van der Waals surface area contributed by atoms with Gasteiger partial charge in [-0.25, -0.2) is 4.98 Å². The van der Waals surface area contributed by atoms with E-state index in [0.29, 0.717) is 11.8 Å². The van der Waals surface area contributed by atoms with Crippen LogP contribution in [0.2, 0.25) is 0 Å². The highest BCUT2D eigenvalue weighted by Crippen LogP contribution is 2.34. The second-order valence-electron chi connectivity index (χ2n) is 5.46. The summed E-state index contributed by atoms with van der Waals surface area (Å²) in [6, 6.07) is 8.39. The van der Waals surface area contributed by atoms with E-state index in [9.17, 15) is 0 Å². The van der Waals surface area contributed by atoms with Gasteiger partial charge < -0.3 is 9.30 Å². The van der Waals surface area contributed by atoms with E-state index in [1.165, 1.54) is 11.4 Å². The summed E-state index contributed by atoms with van der Waals surface area (Å²) >= 11 is 0. The van der Waals surface area contributed by atoms with Gasteiger partial charge in [0.1, 0.15) is 11.6 Å². The number of benzene rings is 1. The molecule has 100 valence electrons. The number of fused-ring (bicyclic) bond motifs is 1. The summed E-state index contributed by atoms with van der Waals surface area (Å²) in [5, 5.41) is 0. The zero-order chi connectivity index (χ0) is 13.2. The van der Waals surface area contributed by atoms with E-state index in [2.05, 4.69) is 47.8 Å². The predicted octanol–water partition coefficient (Wildman–Crippen LogP) is 3.57.